The van der Waals surface area contributed by atoms with Crippen LogP contribution in [0.15, 0.2) is 30.3 Å². The van der Waals surface area contributed by atoms with E-state index in [2.05, 4.69) is 15.3 Å². The van der Waals surface area contributed by atoms with E-state index in [1.165, 1.54) is 6.07 Å². The highest BCUT2D eigenvalue weighted by molar-refractivity contribution is 6.33. The maximum absolute atomic E-state index is 13.0. The molecule has 154 valence electrons. The summed E-state index contributed by atoms with van der Waals surface area (Å²) in [4.78, 5) is 20.8. The van der Waals surface area contributed by atoms with Crippen molar-refractivity contribution in [2.24, 2.45) is 0 Å². The van der Waals surface area contributed by atoms with Crippen molar-refractivity contribution in [3.63, 3.8) is 0 Å². The normalized spacial score (nSPS) is 11.7. The Morgan fingerprint density at radius 2 is 1.93 bits per heavy atom. The van der Waals surface area contributed by atoms with Crippen molar-refractivity contribution in [3.05, 3.63) is 46.5 Å². The van der Waals surface area contributed by atoms with Crippen molar-refractivity contribution < 1.29 is 23.1 Å². The second-order valence-electron chi connectivity index (χ2n) is 6.27. The average Bonchev–Trinajstić information content (AvgIpc) is 3.04. The standard InChI is InChI=1S/C19H18ClF3N4O2/c1-3-27(4-2)16-9-15-14(8-11(16)17(28)29)25-18(26-15)24-13-7-10(19(21,22)23)5-6-12(13)20/h5-9H,3-4H2,1-2H3,(H,28,29)(H2,24,25,26). The van der Waals surface area contributed by atoms with Gasteiger partial charge in [-0.2, -0.15) is 13.2 Å². The minimum Gasteiger partial charge on any atom is -0.478 e. The molecule has 0 aliphatic heterocycles. The summed E-state index contributed by atoms with van der Waals surface area (Å²) in [5.74, 6) is -0.937. The van der Waals surface area contributed by atoms with Crippen LogP contribution in [0, 0.1) is 0 Å². The van der Waals surface area contributed by atoms with E-state index in [1.807, 2.05) is 18.7 Å². The number of carbonyl (C=O) groups is 1. The van der Waals surface area contributed by atoms with Gasteiger partial charge >= 0.3 is 12.1 Å². The van der Waals surface area contributed by atoms with Crippen LogP contribution in [0.5, 0.6) is 0 Å². The summed E-state index contributed by atoms with van der Waals surface area (Å²) in [5, 5.41) is 12.4. The van der Waals surface area contributed by atoms with Gasteiger partial charge in [-0.15, -0.1) is 0 Å². The van der Waals surface area contributed by atoms with Gasteiger partial charge in [-0.3, -0.25) is 0 Å². The molecule has 0 aliphatic carbocycles. The van der Waals surface area contributed by atoms with E-state index in [-0.39, 0.29) is 22.2 Å². The summed E-state index contributed by atoms with van der Waals surface area (Å²) in [6, 6.07) is 6.02. The summed E-state index contributed by atoms with van der Waals surface area (Å²) in [6.45, 7) is 5.04. The van der Waals surface area contributed by atoms with Gasteiger partial charge in [0.15, 0.2) is 0 Å². The van der Waals surface area contributed by atoms with E-state index in [0.717, 1.165) is 18.2 Å². The lowest BCUT2D eigenvalue weighted by Gasteiger charge is -2.22. The first-order chi connectivity index (χ1) is 13.6. The van der Waals surface area contributed by atoms with Crippen LogP contribution in [0.3, 0.4) is 0 Å². The first-order valence-corrected chi connectivity index (χ1v) is 9.17. The van der Waals surface area contributed by atoms with E-state index >= 15 is 0 Å². The fraction of sp³-hybridized carbons (Fsp3) is 0.263. The monoisotopic (exact) mass is 426 g/mol. The van der Waals surface area contributed by atoms with Crippen LogP contribution in [0.25, 0.3) is 11.0 Å². The van der Waals surface area contributed by atoms with Gasteiger partial charge in [-0.05, 0) is 44.2 Å². The maximum atomic E-state index is 13.0. The number of fused-ring (bicyclic) bond motifs is 1. The van der Waals surface area contributed by atoms with E-state index in [4.69, 9.17) is 11.6 Å². The summed E-state index contributed by atoms with van der Waals surface area (Å²) in [6.07, 6.45) is -4.51. The highest BCUT2D eigenvalue weighted by atomic mass is 35.5. The lowest BCUT2D eigenvalue weighted by atomic mass is 10.1. The molecule has 3 N–H and O–H groups in total. The molecule has 0 saturated heterocycles. The van der Waals surface area contributed by atoms with Gasteiger partial charge in [0.25, 0.3) is 0 Å². The number of alkyl halides is 3. The van der Waals surface area contributed by atoms with E-state index in [9.17, 15) is 23.1 Å². The number of hydrogen-bond donors (Lipinski definition) is 3. The Hall–Kier alpha value is -2.94. The smallest absolute Gasteiger partial charge is 0.416 e. The molecule has 0 bridgehead atoms. The minimum absolute atomic E-state index is 0.0305. The molecule has 2 aromatic carbocycles. The van der Waals surface area contributed by atoms with Crippen LogP contribution < -0.4 is 10.2 Å². The number of aromatic nitrogens is 2. The molecule has 0 aliphatic rings. The summed E-state index contributed by atoms with van der Waals surface area (Å²) in [7, 11) is 0. The van der Waals surface area contributed by atoms with Crippen molar-refractivity contribution in [1.82, 2.24) is 9.97 Å². The molecule has 10 heteroatoms. The number of carboxylic acids is 1. The number of nitrogens with zero attached hydrogens (tertiary/aromatic N) is 2. The Morgan fingerprint density at radius 1 is 1.24 bits per heavy atom. The first kappa shape index (κ1) is 20.8. The third-order valence-electron chi connectivity index (χ3n) is 4.48. The van der Waals surface area contributed by atoms with Gasteiger partial charge in [-0.25, -0.2) is 9.78 Å². The molecule has 0 unspecified atom stereocenters. The average molecular weight is 427 g/mol. The molecule has 0 spiro atoms. The van der Waals surface area contributed by atoms with E-state index in [0.29, 0.717) is 29.8 Å². The molecule has 1 aromatic heterocycles. The fourth-order valence-corrected chi connectivity index (χ4v) is 3.19. The van der Waals surface area contributed by atoms with Crippen LogP contribution in [0.4, 0.5) is 30.5 Å². The maximum Gasteiger partial charge on any atom is 0.416 e. The lowest BCUT2D eigenvalue weighted by Crippen LogP contribution is -2.24. The van der Waals surface area contributed by atoms with Gasteiger partial charge in [0.1, 0.15) is 0 Å². The summed E-state index contributed by atoms with van der Waals surface area (Å²) >= 11 is 6.01. The van der Waals surface area contributed by atoms with Crippen LogP contribution >= 0.6 is 11.6 Å². The number of aromatic carboxylic acids is 1. The van der Waals surface area contributed by atoms with Gasteiger partial charge in [-0.1, -0.05) is 11.6 Å². The fourth-order valence-electron chi connectivity index (χ4n) is 3.03. The zero-order chi connectivity index (χ0) is 21.3. The number of hydrogen-bond acceptors (Lipinski definition) is 4. The first-order valence-electron chi connectivity index (χ1n) is 8.79. The number of imidazole rings is 1. The zero-order valence-electron chi connectivity index (χ0n) is 15.6. The highest BCUT2D eigenvalue weighted by Gasteiger charge is 2.31. The molecule has 6 nitrogen and oxygen atoms in total. The van der Waals surface area contributed by atoms with Crippen molar-refractivity contribution in [2.75, 3.05) is 23.3 Å². The molecule has 3 aromatic rings. The molecule has 1 heterocycles. The van der Waals surface area contributed by atoms with Crippen molar-refractivity contribution >= 4 is 45.9 Å². The number of aromatic amines is 1. The molecule has 0 saturated carbocycles. The Labute approximate surface area is 169 Å². The van der Waals surface area contributed by atoms with Crippen LogP contribution in [0.2, 0.25) is 5.02 Å². The van der Waals surface area contributed by atoms with Gasteiger partial charge in [0, 0.05) is 13.1 Å². The SMILES string of the molecule is CCN(CC)c1cc2nc(Nc3cc(C(F)(F)F)ccc3Cl)[nH]c2cc1C(=O)O. The number of rotatable bonds is 6. The third kappa shape index (κ3) is 4.24. The van der Waals surface area contributed by atoms with Gasteiger partial charge < -0.3 is 20.3 Å². The molecular weight excluding hydrogens is 409 g/mol. The second kappa shape index (κ2) is 7.82. The Kier molecular flexibility index (Phi) is 5.61. The number of H-pyrrole nitrogens is 1. The zero-order valence-corrected chi connectivity index (χ0v) is 16.3. The Balaban J connectivity index is 2.03. The quantitative estimate of drug-likeness (QED) is 0.483. The van der Waals surface area contributed by atoms with Crippen molar-refractivity contribution in [3.8, 4) is 0 Å². The third-order valence-corrected chi connectivity index (χ3v) is 4.81. The number of anilines is 3. The highest BCUT2D eigenvalue weighted by Crippen LogP contribution is 2.35. The van der Waals surface area contributed by atoms with E-state index < -0.39 is 17.7 Å². The predicted molar refractivity (Wildman–Crippen MR) is 106 cm³/mol. The topological polar surface area (TPSA) is 81.2 Å². The molecule has 0 fully saturated rings. The largest absolute Gasteiger partial charge is 0.478 e. The Bertz CT molecular complexity index is 1060. The molecule has 29 heavy (non-hydrogen) atoms. The predicted octanol–water partition coefficient (Wildman–Crippen LogP) is 5.52. The molecule has 3 rings (SSSR count). The van der Waals surface area contributed by atoms with Crippen LogP contribution in [0.1, 0.15) is 29.8 Å². The molecular formula is C19H18ClF3N4O2. The second-order valence-corrected chi connectivity index (χ2v) is 6.67. The number of carboxylic acid groups (broad SMARTS) is 1. The molecule has 0 atom stereocenters. The summed E-state index contributed by atoms with van der Waals surface area (Å²) < 4.78 is 38.9. The van der Waals surface area contributed by atoms with Gasteiger partial charge in [0.05, 0.1) is 38.6 Å². The number of nitrogens with one attached hydrogen (secondary N) is 2. The van der Waals surface area contributed by atoms with Gasteiger partial charge in [0.2, 0.25) is 5.95 Å². The summed E-state index contributed by atoms with van der Waals surface area (Å²) in [5.41, 5.74) is 0.713. The number of benzene rings is 2. The van der Waals surface area contributed by atoms with Crippen molar-refractivity contribution in [2.45, 2.75) is 20.0 Å². The Morgan fingerprint density at radius 3 is 2.52 bits per heavy atom. The van der Waals surface area contributed by atoms with Crippen LogP contribution in [-0.2, 0) is 6.18 Å². The molecule has 0 radical (unpaired) electrons. The van der Waals surface area contributed by atoms with Crippen LogP contribution in [-0.4, -0.2) is 34.1 Å². The van der Waals surface area contributed by atoms with E-state index in [1.54, 1.807) is 6.07 Å². The number of halogens is 4. The minimum atomic E-state index is -4.51. The van der Waals surface area contributed by atoms with Crippen molar-refractivity contribution in [1.29, 1.82) is 0 Å². The molecule has 0 amide bonds. The lowest BCUT2D eigenvalue weighted by molar-refractivity contribution is -0.137.